The molecule has 0 unspecified atom stereocenters. The van der Waals surface area contributed by atoms with Gasteiger partial charge in [-0.2, -0.15) is 15.1 Å². The number of H-pyrrole nitrogens is 1. The number of nitrogen functional groups attached to an aromatic ring is 1. The van der Waals surface area contributed by atoms with Gasteiger partial charge < -0.3 is 15.1 Å². The van der Waals surface area contributed by atoms with Crippen molar-refractivity contribution in [2.45, 2.75) is 20.4 Å². The molecule has 0 aromatic carbocycles. The minimum Gasteiger partial charge on any atom is -0.382 e. The minimum atomic E-state index is -0.323. The standard InChI is InChI=1S/C16H13N9O.C2H6/c17-13-12-14(22-15(21-13)25-7-3-5-18-25)24(16(26)20-12)9-10-8-23-6-2-1-4-11(23)19-10;1-2/h1-8H,9H2,(H,20,26)(H2,17,21,22);1-2H3. The number of anilines is 1. The van der Waals surface area contributed by atoms with E-state index in [9.17, 15) is 4.79 Å². The van der Waals surface area contributed by atoms with E-state index in [0.717, 1.165) is 11.3 Å². The summed E-state index contributed by atoms with van der Waals surface area (Å²) in [6.45, 7) is 4.26. The van der Waals surface area contributed by atoms with E-state index in [2.05, 4.69) is 25.0 Å². The minimum absolute atomic E-state index is 0.186. The van der Waals surface area contributed by atoms with Crippen LogP contribution in [0.2, 0.25) is 0 Å². The van der Waals surface area contributed by atoms with Crippen LogP contribution in [-0.4, -0.2) is 38.7 Å². The van der Waals surface area contributed by atoms with Crippen LogP contribution in [-0.2, 0) is 6.54 Å². The van der Waals surface area contributed by atoms with Gasteiger partial charge in [-0.05, 0) is 18.2 Å². The maximum absolute atomic E-state index is 12.4. The molecule has 3 N–H and O–H groups in total. The molecule has 0 fully saturated rings. The number of nitrogens with two attached hydrogens (primary N) is 1. The number of fused-ring (bicyclic) bond motifs is 2. The van der Waals surface area contributed by atoms with E-state index in [4.69, 9.17) is 5.73 Å². The zero-order chi connectivity index (χ0) is 19.7. The number of imidazole rings is 2. The molecule has 10 nitrogen and oxygen atoms in total. The van der Waals surface area contributed by atoms with Crippen LogP contribution < -0.4 is 11.4 Å². The van der Waals surface area contributed by atoms with Gasteiger partial charge in [0.1, 0.15) is 11.2 Å². The van der Waals surface area contributed by atoms with Crippen LogP contribution in [0, 0.1) is 0 Å². The lowest BCUT2D eigenvalue weighted by atomic mass is 10.4. The molecule has 142 valence electrons. The smallest absolute Gasteiger partial charge is 0.328 e. The molecule has 0 aliphatic heterocycles. The SMILES string of the molecule is CC.Nc1nc(-n2cccn2)nc2c1[nH]c(=O)n2Cc1cn2ccccc2n1. The molecular weight excluding hydrogens is 358 g/mol. The van der Waals surface area contributed by atoms with Crippen LogP contribution in [0.3, 0.4) is 0 Å². The number of hydrogen-bond donors (Lipinski definition) is 2. The maximum atomic E-state index is 12.4. The maximum Gasteiger partial charge on any atom is 0.328 e. The average molecular weight is 377 g/mol. The van der Waals surface area contributed by atoms with E-state index in [1.807, 2.05) is 48.8 Å². The monoisotopic (exact) mass is 377 g/mol. The Hall–Kier alpha value is -3.95. The third kappa shape index (κ3) is 2.90. The lowest BCUT2D eigenvalue weighted by Gasteiger charge is -2.04. The largest absolute Gasteiger partial charge is 0.382 e. The quantitative estimate of drug-likeness (QED) is 0.492. The van der Waals surface area contributed by atoms with Gasteiger partial charge in [0, 0.05) is 24.8 Å². The average Bonchev–Trinajstić information content (AvgIpc) is 3.44. The van der Waals surface area contributed by atoms with Gasteiger partial charge in [0.05, 0.1) is 12.2 Å². The molecule has 5 heterocycles. The Morgan fingerprint density at radius 3 is 2.71 bits per heavy atom. The van der Waals surface area contributed by atoms with Crippen molar-refractivity contribution in [2.24, 2.45) is 0 Å². The fourth-order valence-electron chi connectivity index (χ4n) is 2.90. The van der Waals surface area contributed by atoms with Crippen molar-refractivity contribution in [3.63, 3.8) is 0 Å². The van der Waals surface area contributed by atoms with Gasteiger partial charge >= 0.3 is 5.69 Å². The molecule has 28 heavy (non-hydrogen) atoms. The summed E-state index contributed by atoms with van der Waals surface area (Å²) >= 11 is 0. The fourth-order valence-corrected chi connectivity index (χ4v) is 2.90. The molecule has 0 amide bonds. The summed E-state index contributed by atoms with van der Waals surface area (Å²) in [4.78, 5) is 28.3. The van der Waals surface area contributed by atoms with E-state index in [1.54, 1.807) is 18.5 Å². The summed E-state index contributed by atoms with van der Waals surface area (Å²) in [5, 5.41) is 4.11. The van der Waals surface area contributed by atoms with Crippen LogP contribution in [0.15, 0.2) is 53.8 Å². The van der Waals surface area contributed by atoms with Crippen LogP contribution in [0.25, 0.3) is 22.8 Å². The molecule has 5 aromatic rings. The number of rotatable bonds is 3. The number of aromatic nitrogens is 8. The van der Waals surface area contributed by atoms with Gasteiger partial charge in [-0.1, -0.05) is 19.9 Å². The first-order valence-electron chi connectivity index (χ1n) is 8.88. The van der Waals surface area contributed by atoms with Crippen molar-refractivity contribution in [1.29, 1.82) is 0 Å². The Kier molecular flexibility index (Phi) is 4.36. The molecule has 5 rings (SSSR count). The summed E-state index contributed by atoms with van der Waals surface area (Å²) < 4.78 is 4.87. The van der Waals surface area contributed by atoms with Gasteiger partial charge in [0.2, 0.25) is 0 Å². The predicted molar refractivity (Wildman–Crippen MR) is 105 cm³/mol. The van der Waals surface area contributed by atoms with E-state index in [1.165, 1.54) is 9.25 Å². The third-order valence-electron chi connectivity index (χ3n) is 4.08. The second-order valence-electron chi connectivity index (χ2n) is 5.77. The first-order chi connectivity index (χ1) is 13.7. The molecule has 0 saturated carbocycles. The van der Waals surface area contributed by atoms with Gasteiger partial charge in [-0.3, -0.25) is 4.57 Å². The summed E-state index contributed by atoms with van der Waals surface area (Å²) in [7, 11) is 0. The second-order valence-corrected chi connectivity index (χ2v) is 5.77. The van der Waals surface area contributed by atoms with E-state index in [0.29, 0.717) is 17.1 Å². The molecule has 10 heteroatoms. The van der Waals surface area contributed by atoms with Crippen LogP contribution in [0.5, 0.6) is 0 Å². The van der Waals surface area contributed by atoms with Gasteiger partial charge in [0.25, 0.3) is 5.95 Å². The number of pyridine rings is 1. The van der Waals surface area contributed by atoms with Gasteiger partial charge in [-0.15, -0.1) is 0 Å². The summed E-state index contributed by atoms with van der Waals surface area (Å²) in [5.74, 6) is 0.481. The Bertz CT molecular complexity index is 1260. The Labute approximate surface area is 159 Å². The molecule has 0 atom stereocenters. The molecule has 0 aliphatic rings. The zero-order valence-corrected chi connectivity index (χ0v) is 15.4. The van der Waals surface area contributed by atoms with Crippen molar-refractivity contribution in [3.8, 4) is 5.95 Å². The van der Waals surface area contributed by atoms with Gasteiger partial charge in [0.15, 0.2) is 11.5 Å². The lowest BCUT2D eigenvalue weighted by molar-refractivity contribution is 0.753. The first-order valence-corrected chi connectivity index (χ1v) is 8.88. The number of hydrogen-bond acceptors (Lipinski definition) is 6. The summed E-state index contributed by atoms with van der Waals surface area (Å²) in [6, 6.07) is 7.48. The van der Waals surface area contributed by atoms with E-state index < -0.39 is 0 Å². The van der Waals surface area contributed by atoms with E-state index >= 15 is 0 Å². The van der Waals surface area contributed by atoms with Crippen molar-refractivity contribution < 1.29 is 0 Å². The van der Waals surface area contributed by atoms with Crippen molar-refractivity contribution in [2.75, 3.05) is 5.73 Å². The predicted octanol–water partition coefficient (Wildman–Crippen LogP) is 1.61. The highest BCUT2D eigenvalue weighted by atomic mass is 16.1. The summed E-state index contributed by atoms with van der Waals surface area (Å²) in [5.41, 5.74) is 8.03. The highest BCUT2D eigenvalue weighted by Gasteiger charge is 2.16. The van der Waals surface area contributed by atoms with Crippen LogP contribution in [0.1, 0.15) is 19.5 Å². The molecule has 0 radical (unpaired) electrons. The van der Waals surface area contributed by atoms with Crippen molar-refractivity contribution >= 4 is 22.6 Å². The van der Waals surface area contributed by atoms with E-state index in [-0.39, 0.29) is 18.1 Å². The Balaban J connectivity index is 0.000000932. The molecular formula is C18H19N9O. The highest BCUT2D eigenvalue weighted by Crippen LogP contribution is 2.17. The first kappa shape index (κ1) is 17.5. The number of nitrogens with one attached hydrogen (secondary N) is 1. The summed E-state index contributed by atoms with van der Waals surface area (Å²) in [6.07, 6.45) is 7.10. The fraction of sp³-hybridized carbons (Fsp3) is 0.167. The second kappa shape index (κ2) is 6.99. The molecule has 0 saturated heterocycles. The highest BCUT2D eigenvalue weighted by molar-refractivity contribution is 5.82. The third-order valence-corrected chi connectivity index (χ3v) is 4.08. The lowest BCUT2D eigenvalue weighted by Crippen LogP contribution is -2.18. The van der Waals surface area contributed by atoms with Crippen LogP contribution in [0.4, 0.5) is 5.82 Å². The van der Waals surface area contributed by atoms with Gasteiger partial charge in [-0.25, -0.2) is 14.5 Å². The Morgan fingerprint density at radius 2 is 1.96 bits per heavy atom. The zero-order valence-electron chi connectivity index (χ0n) is 15.4. The number of aromatic amines is 1. The Morgan fingerprint density at radius 1 is 1.11 bits per heavy atom. The van der Waals surface area contributed by atoms with Crippen LogP contribution >= 0.6 is 0 Å². The van der Waals surface area contributed by atoms with Crippen molar-refractivity contribution in [1.82, 2.24) is 38.7 Å². The molecule has 0 aliphatic carbocycles. The molecule has 0 spiro atoms. The molecule has 5 aromatic heterocycles. The number of nitrogens with zero attached hydrogens (tertiary/aromatic N) is 7. The van der Waals surface area contributed by atoms with Crippen molar-refractivity contribution in [3.05, 3.63) is 65.2 Å². The topological polar surface area (TPSA) is 125 Å². The normalized spacial score (nSPS) is 10.9. The molecule has 0 bridgehead atoms.